The highest BCUT2D eigenvalue weighted by Crippen LogP contribution is 2.25. The first-order valence-electron chi connectivity index (χ1n) is 9.07. The van der Waals surface area contributed by atoms with Gasteiger partial charge in [0.15, 0.2) is 5.13 Å². The van der Waals surface area contributed by atoms with Gasteiger partial charge in [0.25, 0.3) is 5.91 Å². The number of likely N-dealkylation sites (tertiary alicyclic amines) is 1. The second-order valence-corrected chi connectivity index (χ2v) is 8.28. The number of aromatic nitrogens is 1. The van der Waals surface area contributed by atoms with Gasteiger partial charge in [0, 0.05) is 30.6 Å². The standard InChI is InChI=1S/C20H27N3O2S/c1-13-7-14(2)10-23(9-13)11-17-12-26-20(21-17)22-19(24)16-6-5-15(3)18(8-16)25-4/h5-6,8,12-14H,7,9-11H2,1-4H3,(H,21,22,24)/t13-,14-/m1/s1. The summed E-state index contributed by atoms with van der Waals surface area (Å²) < 4.78 is 5.29. The van der Waals surface area contributed by atoms with Crippen LogP contribution in [0, 0.1) is 18.8 Å². The zero-order chi connectivity index (χ0) is 18.7. The van der Waals surface area contributed by atoms with Crippen LogP contribution in [0.4, 0.5) is 5.13 Å². The molecule has 1 aromatic carbocycles. The maximum Gasteiger partial charge on any atom is 0.257 e. The number of rotatable bonds is 5. The van der Waals surface area contributed by atoms with E-state index in [0.717, 1.165) is 42.7 Å². The molecular formula is C20H27N3O2S. The molecule has 3 rings (SSSR count). The Morgan fingerprint density at radius 1 is 1.35 bits per heavy atom. The number of anilines is 1. The van der Waals surface area contributed by atoms with Crippen molar-refractivity contribution >= 4 is 22.4 Å². The summed E-state index contributed by atoms with van der Waals surface area (Å²) >= 11 is 1.47. The topological polar surface area (TPSA) is 54.5 Å². The molecule has 0 unspecified atom stereocenters. The maximum atomic E-state index is 12.5. The lowest BCUT2D eigenvalue weighted by Gasteiger charge is -2.34. The molecule has 1 fully saturated rings. The van der Waals surface area contributed by atoms with E-state index in [0.29, 0.717) is 16.4 Å². The minimum atomic E-state index is -0.163. The Bertz CT molecular complexity index is 764. The molecule has 0 spiro atoms. The highest BCUT2D eigenvalue weighted by atomic mass is 32.1. The van der Waals surface area contributed by atoms with Crippen LogP contribution in [0.15, 0.2) is 23.6 Å². The normalized spacial score (nSPS) is 20.8. The van der Waals surface area contributed by atoms with E-state index in [1.54, 1.807) is 19.2 Å². The fraction of sp³-hybridized carbons (Fsp3) is 0.500. The second-order valence-electron chi connectivity index (χ2n) is 7.42. The number of carbonyl (C=O) groups excluding carboxylic acids is 1. The van der Waals surface area contributed by atoms with Gasteiger partial charge in [0.05, 0.1) is 12.8 Å². The van der Waals surface area contributed by atoms with Gasteiger partial charge in [-0.15, -0.1) is 11.3 Å². The van der Waals surface area contributed by atoms with Gasteiger partial charge in [-0.1, -0.05) is 19.9 Å². The minimum absolute atomic E-state index is 0.163. The molecule has 1 aliphatic heterocycles. The first kappa shape index (κ1) is 18.9. The molecule has 1 amide bonds. The average Bonchev–Trinajstić information content (AvgIpc) is 3.01. The summed E-state index contributed by atoms with van der Waals surface area (Å²) in [5.41, 5.74) is 2.60. The number of piperidine rings is 1. The van der Waals surface area contributed by atoms with E-state index in [-0.39, 0.29) is 5.91 Å². The van der Waals surface area contributed by atoms with E-state index in [4.69, 9.17) is 4.74 Å². The number of ether oxygens (including phenoxy) is 1. The first-order chi connectivity index (χ1) is 12.4. The van der Waals surface area contributed by atoms with Crippen LogP contribution in [0.5, 0.6) is 5.75 Å². The minimum Gasteiger partial charge on any atom is -0.496 e. The Morgan fingerprint density at radius 2 is 2.08 bits per heavy atom. The van der Waals surface area contributed by atoms with Gasteiger partial charge in [-0.3, -0.25) is 15.0 Å². The molecule has 6 heteroatoms. The molecule has 1 saturated heterocycles. The van der Waals surface area contributed by atoms with Gasteiger partial charge < -0.3 is 4.74 Å². The lowest BCUT2D eigenvalue weighted by Crippen LogP contribution is -2.38. The lowest BCUT2D eigenvalue weighted by molar-refractivity contribution is 0.102. The van der Waals surface area contributed by atoms with Crippen molar-refractivity contribution in [3.8, 4) is 5.75 Å². The Balaban J connectivity index is 1.62. The fourth-order valence-corrected chi connectivity index (χ4v) is 4.41. The van der Waals surface area contributed by atoms with Crippen LogP contribution >= 0.6 is 11.3 Å². The van der Waals surface area contributed by atoms with Gasteiger partial charge in [-0.2, -0.15) is 0 Å². The molecule has 2 atom stereocenters. The van der Waals surface area contributed by atoms with Crippen molar-refractivity contribution in [3.05, 3.63) is 40.4 Å². The lowest BCUT2D eigenvalue weighted by atomic mass is 9.92. The van der Waals surface area contributed by atoms with E-state index in [2.05, 4.69) is 29.0 Å². The number of hydrogen-bond acceptors (Lipinski definition) is 5. The molecule has 5 nitrogen and oxygen atoms in total. The summed E-state index contributed by atoms with van der Waals surface area (Å²) in [5, 5.41) is 5.58. The number of nitrogens with one attached hydrogen (secondary N) is 1. The Kier molecular flexibility index (Phi) is 5.94. The van der Waals surface area contributed by atoms with Gasteiger partial charge >= 0.3 is 0 Å². The molecule has 2 heterocycles. The van der Waals surface area contributed by atoms with E-state index >= 15 is 0 Å². The third kappa shape index (κ3) is 4.62. The monoisotopic (exact) mass is 373 g/mol. The van der Waals surface area contributed by atoms with Crippen molar-refractivity contribution in [2.24, 2.45) is 11.8 Å². The average molecular weight is 374 g/mol. The van der Waals surface area contributed by atoms with Gasteiger partial charge in [-0.05, 0) is 42.9 Å². The number of methoxy groups -OCH3 is 1. The largest absolute Gasteiger partial charge is 0.496 e. The van der Waals surface area contributed by atoms with Crippen molar-refractivity contribution in [1.82, 2.24) is 9.88 Å². The first-order valence-corrected chi connectivity index (χ1v) is 9.95. The van der Waals surface area contributed by atoms with Crippen LogP contribution in [0.2, 0.25) is 0 Å². The smallest absolute Gasteiger partial charge is 0.257 e. The van der Waals surface area contributed by atoms with Crippen molar-refractivity contribution in [2.75, 3.05) is 25.5 Å². The molecule has 1 aliphatic rings. The predicted octanol–water partition coefficient (Wildman–Crippen LogP) is 4.19. The molecule has 2 aromatic rings. The summed E-state index contributed by atoms with van der Waals surface area (Å²) in [7, 11) is 1.61. The van der Waals surface area contributed by atoms with Gasteiger partial charge in [0.2, 0.25) is 0 Å². The van der Waals surface area contributed by atoms with E-state index in [1.807, 2.05) is 18.4 Å². The number of hydrogen-bond donors (Lipinski definition) is 1. The molecule has 0 radical (unpaired) electrons. The second kappa shape index (κ2) is 8.18. The molecule has 0 aliphatic carbocycles. The molecule has 0 saturated carbocycles. The van der Waals surface area contributed by atoms with Crippen LogP contribution in [0.1, 0.15) is 41.9 Å². The van der Waals surface area contributed by atoms with Crippen LogP contribution in [0.25, 0.3) is 0 Å². The summed E-state index contributed by atoms with van der Waals surface area (Å²) in [6.45, 7) is 9.66. The number of carbonyl (C=O) groups is 1. The quantitative estimate of drug-likeness (QED) is 0.854. The molecule has 1 N–H and O–H groups in total. The van der Waals surface area contributed by atoms with Crippen LogP contribution in [-0.2, 0) is 6.54 Å². The highest BCUT2D eigenvalue weighted by molar-refractivity contribution is 7.13. The predicted molar refractivity (Wildman–Crippen MR) is 106 cm³/mol. The van der Waals surface area contributed by atoms with Crippen LogP contribution in [0.3, 0.4) is 0 Å². The Labute approximate surface area is 159 Å². The fourth-order valence-electron chi connectivity index (χ4n) is 3.72. The summed E-state index contributed by atoms with van der Waals surface area (Å²) in [6, 6.07) is 5.45. The molecule has 140 valence electrons. The summed E-state index contributed by atoms with van der Waals surface area (Å²) in [5.74, 6) is 2.01. The Morgan fingerprint density at radius 3 is 2.77 bits per heavy atom. The van der Waals surface area contributed by atoms with Crippen LogP contribution < -0.4 is 10.1 Å². The molecule has 0 bridgehead atoms. The number of aryl methyl sites for hydroxylation is 1. The molecular weight excluding hydrogens is 346 g/mol. The van der Waals surface area contributed by atoms with Crippen LogP contribution in [-0.4, -0.2) is 36.0 Å². The number of nitrogens with zero attached hydrogens (tertiary/aromatic N) is 2. The molecule has 26 heavy (non-hydrogen) atoms. The highest BCUT2D eigenvalue weighted by Gasteiger charge is 2.22. The van der Waals surface area contributed by atoms with Gasteiger partial charge in [-0.25, -0.2) is 4.98 Å². The zero-order valence-corrected chi connectivity index (χ0v) is 16.7. The van der Waals surface area contributed by atoms with Crippen molar-refractivity contribution in [2.45, 2.75) is 33.7 Å². The van der Waals surface area contributed by atoms with Crippen molar-refractivity contribution in [1.29, 1.82) is 0 Å². The number of benzene rings is 1. The number of thiazole rings is 1. The van der Waals surface area contributed by atoms with E-state index < -0.39 is 0 Å². The third-order valence-corrected chi connectivity index (χ3v) is 5.58. The summed E-state index contributed by atoms with van der Waals surface area (Å²) in [4.78, 5) is 19.5. The maximum absolute atomic E-state index is 12.5. The van der Waals surface area contributed by atoms with Gasteiger partial charge in [0.1, 0.15) is 5.75 Å². The third-order valence-electron chi connectivity index (χ3n) is 4.77. The van der Waals surface area contributed by atoms with E-state index in [1.165, 1.54) is 17.8 Å². The van der Waals surface area contributed by atoms with Crippen molar-refractivity contribution < 1.29 is 9.53 Å². The SMILES string of the molecule is COc1cc(C(=O)Nc2nc(CN3C[C@H](C)C[C@@H](C)C3)cs2)ccc1C. The van der Waals surface area contributed by atoms with E-state index in [9.17, 15) is 4.79 Å². The van der Waals surface area contributed by atoms with Crippen molar-refractivity contribution in [3.63, 3.8) is 0 Å². The zero-order valence-electron chi connectivity index (χ0n) is 15.9. The summed E-state index contributed by atoms with van der Waals surface area (Å²) in [6.07, 6.45) is 1.30. The Hall–Kier alpha value is -1.92. The number of amides is 1. The molecule has 1 aromatic heterocycles.